The van der Waals surface area contributed by atoms with Crippen LogP contribution >= 0.6 is 11.6 Å². The van der Waals surface area contributed by atoms with Gasteiger partial charge in [-0.1, -0.05) is 35.9 Å². The molecule has 0 unspecified atom stereocenters. The Morgan fingerprint density at radius 2 is 1.87 bits per heavy atom. The fraction of sp³-hybridized carbons (Fsp3) is 0.294. The van der Waals surface area contributed by atoms with E-state index in [0.717, 1.165) is 10.8 Å². The van der Waals surface area contributed by atoms with Crippen LogP contribution in [0.5, 0.6) is 5.75 Å². The molecule has 0 spiro atoms. The summed E-state index contributed by atoms with van der Waals surface area (Å²) in [4.78, 5) is 22.6. The normalized spacial score (nSPS) is 19.9. The smallest absolute Gasteiger partial charge is 0.306 e. The number of amides is 1. The number of carbonyl (C=O) groups excluding carboxylic acids is 1. The maximum atomic E-state index is 11.9. The Balaban J connectivity index is 1.58. The zero-order valence-corrected chi connectivity index (χ0v) is 13.0. The van der Waals surface area contributed by atoms with Crippen LogP contribution in [0.15, 0.2) is 36.4 Å². The molecular formula is C17H16ClNO4. The van der Waals surface area contributed by atoms with Crippen molar-refractivity contribution in [1.29, 1.82) is 0 Å². The Labute approximate surface area is 138 Å². The molecule has 0 heterocycles. The van der Waals surface area contributed by atoms with Crippen molar-refractivity contribution in [3.8, 4) is 5.75 Å². The van der Waals surface area contributed by atoms with E-state index in [0.29, 0.717) is 23.6 Å². The number of carboxylic acid groups (broad SMARTS) is 1. The first-order valence-electron chi connectivity index (χ1n) is 7.37. The minimum absolute atomic E-state index is 0.0749. The van der Waals surface area contributed by atoms with Crippen molar-refractivity contribution in [1.82, 2.24) is 5.32 Å². The summed E-state index contributed by atoms with van der Waals surface area (Å²) in [6.45, 7) is -0.111. The maximum absolute atomic E-state index is 11.9. The van der Waals surface area contributed by atoms with Crippen molar-refractivity contribution in [2.45, 2.75) is 18.9 Å². The fourth-order valence-corrected chi connectivity index (χ4v) is 2.94. The van der Waals surface area contributed by atoms with E-state index in [4.69, 9.17) is 21.4 Å². The third-order valence-corrected chi connectivity index (χ3v) is 4.37. The van der Waals surface area contributed by atoms with Crippen LogP contribution in [0.25, 0.3) is 10.8 Å². The van der Waals surface area contributed by atoms with E-state index in [2.05, 4.69) is 5.32 Å². The zero-order chi connectivity index (χ0) is 16.4. The van der Waals surface area contributed by atoms with Gasteiger partial charge in [0.15, 0.2) is 6.61 Å². The number of carboxylic acids is 1. The first-order chi connectivity index (χ1) is 11.0. The molecule has 1 fully saturated rings. The van der Waals surface area contributed by atoms with Gasteiger partial charge in [0.1, 0.15) is 5.75 Å². The Bertz CT molecular complexity index is 755. The number of aliphatic carboxylic acids is 1. The average Bonchev–Trinajstić information content (AvgIpc) is 2.50. The van der Waals surface area contributed by atoms with Gasteiger partial charge in [0.25, 0.3) is 5.91 Å². The standard InChI is InChI=1S/C17H16ClNO4/c18-14-5-6-15(13-4-2-1-3-12(13)14)23-9-16(20)19-11-7-10(8-11)17(21)22/h1-6,10-11H,7-9H2,(H,19,20)(H,21,22). The van der Waals surface area contributed by atoms with E-state index in [1.165, 1.54) is 0 Å². The molecule has 5 nitrogen and oxygen atoms in total. The molecule has 1 aliphatic carbocycles. The van der Waals surface area contributed by atoms with Gasteiger partial charge in [-0.15, -0.1) is 0 Å². The molecule has 1 amide bonds. The second kappa shape index (κ2) is 6.46. The van der Waals surface area contributed by atoms with Gasteiger partial charge in [-0.05, 0) is 25.0 Å². The van der Waals surface area contributed by atoms with Crippen LogP contribution in [0.3, 0.4) is 0 Å². The van der Waals surface area contributed by atoms with Crippen molar-refractivity contribution in [2.24, 2.45) is 5.92 Å². The van der Waals surface area contributed by atoms with Gasteiger partial charge in [-0.2, -0.15) is 0 Å². The van der Waals surface area contributed by atoms with Gasteiger partial charge >= 0.3 is 5.97 Å². The lowest BCUT2D eigenvalue weighted by molar-refractivity contribution is -0.146. The summed E-state index contributed by atoms with van der Waals surface area (Å²) in [5.74, 6) is -0.809. The van der Waals surface area contributed by atoms with Crippen LogP contribution in [-0.2, 0) is 9.59 Å². The highest BCUT2D eigenvalue weighted by molar-refractivity contribution is 6.35. The van der Waals surface area contributed by atoms with E-state index in [1.807, 2.05) is 24.3 Å². The lowest BCUT2D eigenvalue weighted by Gasteiger charge is -2.32. The van der Waals surface area contributed by atoms with Crippen molar-refractivity contribution in [2.75, 3.05) is 6.61 Å². The number of hydrogen-bond donors (Lipinski definition) is 2. The molecule has 0 bridgehead atoms. The highest BCUT2D eigenvalue weighted by Crippen LogP contribution is 2.31. The van der Waals surface area contributed by atoms with Gasteiger partial charge in [-0.3, -0.25) is 9.59 Å². The summed E-state index contributed by atoms with van der Waals surface area (Å²) in [5.41, 5.74) is 0. The van der Waals surface area contributed by atoms with E-state index in [9.17, 15) is 9.59 Å². The van der Waals surface area contributed by atoms with E-state index >= 15 is 0 Å². The molecule has 120 valence electrons. The van der Waals surface area contributed by atoms with Crippen LogP contribution in [0.4, 0.5) is 0 Å². The predicted molar refractivity (Wildman–Crippen MR) is 86.7 cm³/mol. The molecule has 0 radical (unpaired) electrons. The minimum Gasteiger partial charge on any atom is -0.483 e. The molecule has 0 saturated heterocycles. The molecule has 23 heavy (non-hydrogen) atoms. The Morgan fingerprint density at radius 1 is 1.17 bits per heavy atom. The van der Waals surface area contributed by atoms with Crippen LogP contribution < -0.4 is 10.1 Å². The molecule has 2 aromatic carbocycles. The van der Waals surface area contributed by atoms with Crippen LogP contribution in [0.1, 0.15) is 12.8 Å². The predicted octanol–water partition coefficient (Wildman–Crippen LogP) is 2.85. The van der Waals surface area contributed by atoms with E-state index in [1.54, 1.807) is 12.1 Å². The molecule has 6 heteroatoms. The molecule has 0 aliphatic heterocycles. The Morgan fingerprint density at radius 3 is 2.57 bits per heavy atom. The topological polar surface area (TPSA) is 75.6 Å². The van der Waals surface area contributed by atoms with Gasteiger partial charge in [0.2, 0.25) is 0 Å². The second-order valence-electron chi connectivity index (χ2n) is 5.65. The van der Waals surface area contributed by atoms with Gasteiger partial charge in [0, 0.05) is 21.8 Å². The average molecular weight is 334 g/mol. The van der Waals surface area contributed by atoms with Crippen LogP contribution in [0.2, 0.25) is 5.02 Å². The number of carbonyl (C=O) groups is 2. The SMILES string of the molecule is O=C(COc1ccc(Cl)c2ccccc12)NC1CC(C(=O)O)C1. The number of halogens is 1. The minimum atomic E-state index is -0.806. The summed E-state index contributed by atoms with van der Waals surface area (Å²) in [6, 6.07) is 11.0. The summed E-state index contributed by atoms with van der Waals surface area (Å²) < 4.78 is 5.59. The number of ether oxygens (including phenoxy) is 1. The first-order valence-corrected chi connectivity index (χ1v) is 7.74. The molecule has 0 aromatic heterocycles. The second-order valence-corrected chi connectivity index (χ2v) is 6.06. The molecule has 1 saturated carbocycles. The zero-order valence-electron chi connectivity index (χ0n) is 12.3. The van der Waals surface area contributed by atoms with Crippen LogP contribution in [0, 0.1) is 5.92 Å². The molecule has 2 N–H and O–H groups in total. The van der Waals surface area contributed by atoms with E-state index < -0.39 is 5.97 Å². The van der Waals surface area contributed by atoms with E-state index in [-0.39, 0.29) is 24.5 Å². The van der Waals surface area contributed by atoms with Crippen molar-refractivity contribution < 1.29 is 19.4 Å². The summed E-state index contributed by atoms with van der Waals surface area (Å²) >= 11 is 6.14. The fourth-order valence-electron chi connectivity index (χ4n) is 2.71. The monoisotopic (exact) mass is 333 g/mol. The van der Waals surface area contributed by atoms with Gasteiger partial charge in [-0.25, -0.2) is 0 Å². The lowest BCUT2D eigenvalue weighted by atomic mass is 9.80. The molecular weight excluding hydrogens is 318 g/mol. The quantitative estimate of drug-likeness (QED) is 0.882. The number of fused-ring (bicyclic) bond motifs is 1. The maximum Gasteiger partial charge on any atom is 0.306 e. The number of benzene rings is 2. The summed E-state index contributed by atoms with van der Waals surface area (Å²) in [7, 11) is 0. The molecule has 3 rings (SSSR count). The van der Waals surface area contributed by atoms with Crippen molar-refractivity contribution in [3.05, 3.63) is 41.4 Å². The summed E-state index contributed by atoms with van der Waals surface area (Å²) in [6.07, 6.45) is 0.954. The third-order valence-electron chi connectivity index (χ3n) is 4.04. The number of nitrogens with one attached hydrogen (secondary N) is 1. The molecule has 1 aliphatic rings. The number of hydrogen-bond acceptors (Lipinski definition) is 3. The lowest BCUT2D eigenvalue weighted by Crippen LogP contribution is -2.48. The third kappa shape index (κ3) is 3.40. The Kier molecular flexibility index (Phi) is 4.39. The summed E-state index contributed by atoms with van der Waals surface area (Å²) in [5, 5.41) is 13.9. The highest BCUT2D eigenvalue weighted by Gasteiger charge is 2.35. The highest BCUT2D eigenvalue weighted by atomic mass is 35.5. The van der Waals surface area contributed by atoms with Gasteiger partial charge in [0.05, 0.1) is 5.92 Å². The largest absolute Gasteiger partial charge is 0.483 e. The molecule has 2 aromatic rings. The number of rotatable bonds is 5. The first kappa shape index (κ1) is 15.6. The van der Waals surface area contributed by atoms with Gasteiger partial charge < -0.3 is 15.2 Å². The Hall–Kier alpha value is -2.27. The van der Waals surface area contributed by atoms with Crippen molar-refractivity contribution >= 4 is 34.2 Å². The molecule has 0 atom stereocenters. The van der Waals surface area contributed by atoms with Crippen molar-refractivity contribution in [3.63, 3.8) is 0 Å². The van der Waals surface area contributed by atoms with Crippen LogP contribution in [-0.4, -0.2) is 29.6 Å².